The number of likely N-dealkylation sites (N-methyl/N-ethyl adjacent to an activating group) is 1. The standard InChI is InChI=1S/C28H33ClF2N2O4/c1-25-10-8-18(34)12-21(25)22(30)13-20-19-9-11-27(24(36)32-3,26(19,2)14-23(35)28(20,25)31)37-33-15-16-4-6-17(29)7-5-16/h4-8,10,12,19-20,22-23,33,35H,9,11,13-15H2,1-3H3,(H,32,36)/t19-,20-,22-,23-,25-,26-,27-,28-/m0/s1. The Bertz CT molecular complexity index is 1180. The van der Waals surface area contributed by atoms with Gasteiger partial charge in [-0.15, -0.1) is 0 Å². The van der Waals surface area contributed by atoms with Gasteiger partial charge in [-0.3, -0.25) is 14.4 Å². The topological polar surface area (TPSA) is 87.7 Å². The van der Waals surface area contributed by atoms with Crippen LogP contribution in [0.1, 0.15) is 45.1 Å². The molecule has 0 heterocycles. The number of carbonyl (C=O) groups is 2. The summed E-state index contributed by atoms with van der Waals surface area (Å²) in [5.74, 6) is -2.06. The second kappa shape index (κ2) is 8.97. The van der Waals surface area contributed by atoms with E-state index in [1.165, 1.54) is 25.3 Å². The average Bonchev–Trinajstić information content (AvgIpc) is 3.15. The molecule has 0 bridgehead atoms. The molecule has 3 saturated carbocycles. The van der Waals surface area contributed by atoms with Crippen molar-refractivity contribution in [1.82, 2.24) is 10.8 Å². The van der Waals surface area contributed by atoms with Crippen LogP contribution in [0.3, 0.4) is 0 Å². The molecule has 0 saturated heterocycles. The fourth-order valence-electron chi connectivity index (χ4n) is 7.83. The van der Waals surface area contributed by atoms with E-state index < -0.39 is 46.2 Å². The van der Waals surface area contributed by atoms with Gasteiger partial charge in [0.1, 0.15) is 6.17 Å². The molecule has 6 nitrogen and oxygen atoms in total. The van der Waals surface area contributed by atoms with Crippen LogP contribution < -0.4 is 10.8 Å². The number of allylic oxidation sites excluding steroid dienone is 4. The number of hydrogen-bond donors (Lipinski definition) is 3. The van der Waals surface area contributed by atoms with Gasteiger partial charge in [0.05, 0.1) is 6.10 Å². The van der Waals surface area contributed by atoms with Gasteiger partial charge in [0.2, 0.25) is 0 Å². The lowest BCUT2D eigenvalue weighted by molar-refractivity contribution is -0.240. The molecule has 3 fully saturated rings. The molecule has 37 heavy (non-hydrogen) atoms. The molecule has 4 aliphatic rings. The maximum absolute atomic E-state index is 17.3. The summed E-state index contributed by atoms with van der Waals surface area (Å²) >= 11 is 5.97. The van der Waals surface area contributed by atoms with Crippen molar-refractivity contribution in [2.24, 2.45) is 22.7 Å². The Morgan fingerprint density at radius 3 is 2.62 bits per heavy atom. The van der Waals surface area contributed by atoms with Crippen molar-refractivity contribution in [3.63, 3.8) is 0 Å². The van der Waals surface area contributed by atoms with Gasteiger partial charge < -0.3 is 10.4 Å². The summed E-state index contributed by atoms with van der Waals surface area (Å²) in [6, 6.07) is 7.18. The number of aliphatic hydroxyl groups is 1. The fraction of sp³-hybridized carbons (Fsp3) is 0.571. The molecule has 1 aromatic rings. The van der Waals surface area contributed by atoms with Crippen LogP contribution in [0.15, 0.2) is 48.1 Å². The summed E-state index contributed by atoms with van der Waals surface area (Å²) in [6.45, 7) is 3.71. The highest BCUT2D eigenvalue weighted by Gasteiger charge is 2.76. The molecule has 5 rings (SSSR count). The van der Waals surface area contributed by atoms with E-state index in [9.17, 15) is 14.7 Å². The zero-order valence-electron chi connectivity index (χ0n) is 21.2. The van der Waals surface area contributed by atoms with Crippen molar-refractivity contribution in [3.8, 4) is 0 Å². The molecule has 4 aliphatic carbocycles. The molecular weight excluding hydrogens is 502 g/mol. The smallest absolute Gasteiger partial charge is 0.254 e. The lowest BCUT2D eigenvalue weighted by Crippen LogP contribution is -2.71. The minimum Gasteiger partial charge on any atom is -0.390 e. The molecule has 0 aliphatic heterocycles. The van der Waals surface area contributed by atoms with Crippen LogP contribution >= 0.6 is 11.6 Å². The van der Waals surface area contributed by atoms with Crippen LogP contribution in [0, 0.1) is 22.7 Å². The molecule has 8 atom stereocenters. The summed E-state index contributed by atoms with van der Waals surface area (Å²) < 4.78 is 32.9. The Balaban J connectivity index is 1.49. The maximum Gasteiger partial charge on any atom is 0.254 e. The largest absolute Gasteiger partial charge is 0.390 e. The number of ketones is 1. The number of nitrogens with one attached hydrogen (secondary N) is 2. The lowest BCUT2D eigenvalue weighted by Gasteiger charge is -2.63. The highest BCUT2D eigenvalue weighted by molar-refractivity contribution is 6.30. The Morgan fingerprint density at radius 2 is 1.95 bits per heavy atom. The lowest BCUT2D eigenvalue weighted by atomic mass is 9.44. The molecular formula is C28H33ClF2N2O4. The number of fused-ring (bicyclic) bond motifs is 5. The molecule has 1 amide bonds. The first kappa shape index (κ1) is 26.5. The van der Waals surface area contributed by atoms with Gasteiger partial charge in [0.25, 0.3) is 5.91 Å². The molecule has 3 N–H and O–H groups in total. The number of halogens is 3. The van der Waals surface area contributed by atoms with Crippen molar-refractivity contribution in [2.45, 2.75) is 69.6 Å². The van der Waals surface area contributed by atoms with E-state index in [1.54, 1.807) is 19.1 Å². The Kier molecular flexibility index (Phi) is 6.42. The SMILES string of the molecule is CNC(=O)[C@@]1(ONCc2ccc(Cl)cc2)CC[C@H]2[C@@H]3C[C@H](F)C4=CC(=O)C=C[C@]4(C)[C@@]3(F)[C@@H](O)C[C@@]21C. The first-order valence-electron chi connectivity index (χ1n) is 12.8. The van der Waals surface area contributed by atoms with Gasteiger partial charge in [0, 0.05) is 35.4 Å². The fourth-order valence-corrected chi connectivity index (χ4v) is 7.95. The van der Waals surface area contributed by atoms with Crippen LogP contribution in [0.4, 0.5) is 8.78 Å². The third kappa shape index (κ3) is 3.59. The number of hydroxylamine groups is 1. The van der Waals surface area contributed by atoms with Crippen LogP contribution in [0.5, 0.6) is 0 Å². The number of benzene rings is 1. The van der Waals surface area contributed by atoms with E-state index >= 15 is 8.78 Å². The second-order valence-electron chi connectivity index (χ2n) is 11.4. The van der Waals surface area contributed by atoms with Crippen LogP contribution in [-0.2, 0) is 21.0 Å². The third-order valence-corrected chi connectivity index (χ3v) is 10.0. The summed E-state index contributed by atoms with van der Waals surface area (Å²) in [6.07, 6.45) is 1.32. The normalized spacial score (nSPS) is 42.5. The number of hydrogen-bond acceptors (Lipinski definition) is 5. The number of rotatable bonds is 5. The molecule has 200 valence electrons. The van der Waals surface area contributed by atoms with E-state index in [0.717, 1.165) is 5.56 Å². The van der Waals surface area contributed by atoms with Gasteiger partial charge in [0.15, 0.2) is 17.1 Å². The van der Waals surface area contributed by atoms with Crippen molar-refractivity contribution < 1.29 is 28.3 Å². The van der Waals surface area contributed by atoms with E-state index in [1.807, 2.05) is 19.1 Å². The first-order chi connectivity index (χ1) is 17.4. The molecule has 0 unspecified atom stereocenters. The average molecular weight is 535 g/mol. The van der Waals surface area contributed by atoms with E-state index in [2.05, 4.69) is 10.8 Å². The minimum absolute atomic E-state index is 0.0533. The van der Waals surface area contributed by atoms with Crippen molar-refractivity contribution >= 4 is 23.3 Å². The summed E-state index contributed by atoms with van der Waals surface area (Å²) in [7, 11) is 1.52. The Morgan fingerprint density at radius 1 is 1.24 bits per heavy atom. The monoisotopic (exact) mass is 534 g/mol. The predicted molar refractivity (Wildman–Crippen MR) is 135 cm³/mol. The molecule has 0 radical (unpaired) electrons. The minimum atomic E-state index is -2.20. The number of carbonyl (C=O) groups excluding carboxylic acids is 2. The summed E-state index contributed by atoms with van der Waals surface area (Å²) in [4.78, 5) is 31.6. The van der Waals surface area contributed by atoms with Gasteiger partial charge in [-0.25, -0.2) is 8.78 Å². The molecule has 0 spiro atoms. The number of aliphatic hydroxyl groups excluding tert-OH is 1. The highest BCUT2D eigenvalue weighted by Crippen LogP contribution is 2.70. The number of amides is 1. The van der Waals surface area contributed by atoms with Crippen LogP contribution in [0.2, 0.25) is 5.02 Å². The van der Waals surface area contributed by atoms with Gasteiger partial charge >= 0.3 is 0 Å². The zero-order valence-corrected chi connectivity index (χ0v) is 21.9. The maximum atomic E-state index is 17.3. The highest BCUT2D eigenvalue weighted by atomic mass is 35.5. The van der Waals surface area contributed by atoms with Crippen molar-refractivity contribution in [3.05, 3.63) is 58.7 Å². The molecule has 0 aromatic heterocycles. The van der Waals surface area contributed by atoms with Crippen molar-refractivity contribution in [1.29, 1.82) is 0 Å². The van der Waals surface area contributed by atoms with E-state index in [4.69, 9.17) is 16.4 Å². The third-order valence-electron chi connectivity index (χ3n) is 9.78. The van der Waals surface area contributed by atoms with Crippen LogP contribution in [-0.4, -0.2) is 47.4 Å². The summed E-state index contributed by atoms with van der Waals surface area (Å²) in [5.41, 5.74) is -2.14. The van der Waals surface area contributed by atoms with Gasteiger partial charge in [-0.1, -0.05) is 36.7 Å². The quantitative estimate of drug-likeness (QED) is 0.494. The van der Waals surface area contributed by atoms with Gasteiger partial charge in [-0.05, 0) is 73.9 Å². The molecule has 9 heteroatoms. The van der Waals surface area contributed by atoms with E-state index in [-0.39, 0.29) is 36.5 Å². The second-order valence-corrected chi connectivity index (χ2v) is 11.8. The van der Waals surface area contributed by atoms with E-state index in [0.29, 0.717) is 18.0 Å². The summed E-state index contributed by atoms with van der Waals surface area (Å²) in [5, 5.41) is 14.8. The van der Waals surface area contributed by atoms with Crippen molar-refractivity contribution in [2.75, 3.05) is 7.05 Å². The zero-order chi connectivity index (χ0) is 26.8. The number of alkyl halides is 2. The molecule has 1 aromatic carbocycles. The van der Waals surface area contributed by atoms with Gasteiger partial charge in [-0.2, -0.15) is 5.48 Å². The Hall–Kier alpha value is -2.13. The van der Waals surface area contributed by atoms with Crippen LogP contribution in [0.25, 0.3) is 0 Å². The first-order valence-corrected chi connectivity index (χ1v) is 13.1. The Labute approximate surface area is 220 Å². The predicted octanol–water partition coefficient (Wildman–Crippen LogP) is 4.16.